The highest BCUT2D eigenvalue weighted by Crippen LogP contribution is 2.32. The second-order valence-electron chi connectivity index (χ2n) is 8.07. The summed E-state index contributed by atoms with van der Waals surface area (Å²) in [5, 5.41) is 14.5. The molecule has 2 aliphatic rings. The van der Waals surface area contributed by atoms with E-state index in [1.54, 1.807) is 12.1 Å². The molecule has 31 heavy (non-hydrogen) atoms. The van der Waals surface area contributed by atoms with E-state index in [1.807, 2.05) is 11.8 Å². The average Bonchev–Trinajstić information content (AvgIpc) is 3.57. The van der Waals surface area contributed by atoms with Crippen molar-refractivity contribution in [2.24, 2.45) is 0 Å². The summed E-state index contributed by atoms with van der Waals surface area (Å²) < 4.78 is 27.3. The maximum absolute atomic E-state index is 14.1. The number of benzene rings is 2. The van der Waals surface area contributed by atoms with E-state index >= 15 is 0 Å². The van der Waals surface area contributed by atoms with Crippen molar-refractivity contribution in [2.45, 2.75) is 31.8 Å². The molecule has 0 spiro atoms. The van der Waals surface area contributed by atoms with Crippen LogP contribution in [0.1, 0.15) is 41.7 Å². The first-order valence-corrected chi connectivity index (χ1v) is 10.4. The number of nitrogens with zero attached hydrogens (tertiary/aromatic N) is 3. The fourth-order valence-electron chi connectivity index (χ4n) is 3.96. The van der Waals surface area contributed by atoms with Crippen LogP contribution in [0.2, 0.25) is 0 Å². The molecule has 1 aliphatic heterocycles. The highest BCUT2D eigenvalue weighted by atomic mass is 19.1. The van der Waals surface area contributed by atoms with E-state index in [1.165, 1.54) is 18.2 Å². The van der Waals surface area contributed by atoms with Crippen molar-refractivity contribution < 1.29 is 18.5 Å². The van der Waals surface area contributed by atoms with E-state index in [9.17, 15) is 23.7 Å². The molecule has 2 aromatic rings. The Kier molecular flexibility index (Phi) is 5.86. The average molecular weight is 430 g/mol. The van der Waals surface area contributed by atoms with Gasteiger partial charge in [0.2, 0.25) is 0 Å². The van der Waals surface area contributed by atoms with E-state index in [4.69, 9.17) is 0 Å². The minimum atomic E-state index is -0.611. The van der Waals surface area contributed by atoms with Crippen LogP contribution in [0.15, 0.2) is 36.4 Å². The topological polar surface area (TPSA) is 78.7 Å². The first kappa shape index (κ1) is 21.2. The van der Waals surface area contributed by atoms with Crippen LogP contribution in [0.3, 0.4) is 0 Å². The fourth-order valence-corrected chi connectivity index (χ4v) is 3.96. The first-order valence-electron chi connectivity index (χ1n) is 10.4. The maximum atomic E-state index is 14.1. The smallest absolute Gasteiger partial charge is 0.293 e. The molecule has 1 aliphatic carbocycles. The van der Waals surface area contributed by atoms with Crippen LogP contribution in [0, 0.1) is 21.7 Å². The van der Waals surface area contributed by atoms with E-state index in [-0.39, 0.29) is 29.2 Å². The van der Waals surface area contributed by atoms with Gasteiger partial charge in [-0.25, -0.2) is 8.78 Å². The van der Waals surface area contributed by atoms with Crippen molar-refractivity contribution in [3.63, 3.8) is 0 Å². The van der Waals surface area contributed by atoms with Crippen molar-refractivity contribution in [1.29, 1.82) is 0 Å². The number of nitrogens with one attached hydrogen (secondary N) is 1. The number of amides is 1. The summed E-state index contributed by atoms with van der Waals surface area (Å²) in [7, 11) is 0. The minimum absolute atomic E-state index is 0.102. The van der Waals surface area contributed by atoms with Gasteiger partial charge in [-0.3, -0.25) is 19.8 Å². The molecule has 2 aromatic carbocycles. The van der Waals surface area contributed by atoms with Gasteiger partial charge in [0, 0.05) is 61.5 Å². The Morgan fingerprint density at radius 1 is 1.13 bits per heavy atom. The number of nitro benzene ring substituents is 1. The third-order valence-electron chi connectivity index (χ3n) is 5.96. The minimum Gasteiger partial charge on any atom is -0.363 e. The summed E-state index contributed by atoms with van der Waals surface area (Å²) in [6.07, 6.45) is 1.88. The van der Waals surface area contributed by atoms with Gasteiger partial charge in [-0.05, 0) is 38.0 Å². The molecule has 2 fully saturated rings. The Balaban J connectivity index is 1.46. The summed E-state index contributed by atoms with van der Waals surface area (Å²) in [5.41, 5.74) is 1.07. The molecule has 1 atom stereocenters. The van der Waals surface area contributed by atoms with E-state index in [2.05, 4.69) is 10.2 Å². The van der Waals surface area contributed by atoms with E-state index in [0.717, 1.165) is 18.9 Å². The van der Waals surface area contributed by atoms with Gasteiger partial charge in [0.15, 0.2) is 0 Å². The second kappa shape index (κ2) is 8.58. The number of hydrogen-bond acceptors (Lipinski definition) is 5. The van der Waals surface area contributed by atoms with Crippen molar-refractivity contribution in [3.05, 3.63) is 69.3 Å². The Hall–Kier alpha value is -3.07. The van der Waals surface area contributed by atoms with Crippen LogP contribution in [-0.2, 0) is 0 Å². The van der Waals surface area contributed by atoms with E-state index in [0.29, 0.717) is 37.4 Å². The number of rotatable bonds is 6. The van der Waals surface area contributed by atoms with Gasteiger partial charge in [-0.15, -0.1) is 0 Å². The molecule has 1 unspecified atom stereocenters. The molecular formula is C22H24F2N4O3. The maximum Gasteiger partial charge on any atom is 0.293 e. The van der Waals surface area contributed by atoms with Gasteiger partial charge >= 0.3 is 0 Å². The predicted molar refractivity (Wildman–Crippen MR) is 112 cm³/mol. The van der Waals surface area contributed by atoms with E-state index < -0.39 is 16.6 Å². The van der Waals surface area contributed by atoms with Gasteiger partial charge in [0.05, 0.1) is 4.92 Å². The van der Waals surface area contributed by atoms with Crippen molar-refractivity contribution >= 4 is 17.3 Å². The molecule has 1 N–H and O–H groups in total. The summed E-state index contributed by atoms with van der Waals surface area (Å²) in [6.45, 7) is 4.03. The largest absolute Gasteiger partial charge is 0.363 e. The molecule has 1 saturated carbocycles. The van der Waals surface area contributed by atoms with Crippen LogP contribution in [-0.4, -0.2) is 48.0 Å². The molecule has 7 nitrogen and oxygen atoms in total. The van der Waals surface area contributed by atoms with Gasteiger partial charge < -0.3 is 10.2 Å². The highest BCUT2D eigenvalue weighted by molar-refractivity contribution is 5.96. The van der Waals surface area contributed by atoms with Crippen molar-refractivity contribution in [3.8, 4) is 0 Å². The molecular weight excluding hydrogens is 406 g/mol. The molecule has 1 amide bonds. The monoisotopic (exact) mass is 430 g/mol. The summed E-state index contributed by atoms with van der Waals surface area (Å²) >= 11 is 0. The van der Waals surface area contributed by atoms with Gasteiger partial charge in [-0.2, -0.15) is 0 Å². The second-order valence-corrected chi connectivity index (χ2v) is 8.07. The Morgan fingerprint density at radius 3 is 2.45 bits per heavy atom. The molecule has 1 heterocycles. The zero-order valence-corrected chi connectivity index (χ0v) is 17.2. The number of carbonyl (C=O) groups excluding carboxylic acids is 1. The zero-order chi connectivity index (χ0) is 22.1. The predicted octanol–water partition coefficient (Wildman–Crippen LogP) is 3.65. The summed E-state index contributed by atoms with van der Waals surface area (Å²) in [4.78, 5) is 27.4. The normalized spacial score (nSPS) is 18.0. The highest BCUT2D eigenvalue weighted by Gasteiger charge is 2.29. The van der Waals surface area contributed by atoms with Crippen LogP contribution >= 0.6 is 0 Å². The lowest BCUT2D eigenvalue weighted by Crippen LogP contribution is -2.47. The van der Waals surface area contributed by atoms with Gasteiger partial charge in [-0.1, -0.05) is 6.07 Å². The molecule has 4 rings (SSSR count). The quantitative estimate of drug-likeness (QED) is 0.559. The fraction of sp³-hybridized carbons (Fsp3) is 0.409. The Bertz CT molecular complexity index is 1000. The molecule has 0 aromatic heterocycles. The third-order valence-corrected chi connectivity index (χ3v) is 5.96. The number of hydrogen-bond donors (Lipinski definition) is 1. The van der Waals surface area contributed by atoms with Crippen LogP contribution in [0.4, 0.5) is 20.2 Å². The van der Waals surface area contributed by atoms with Crippen LogP contribution < -0.4 is 10.2 Å². The lowest BCUT2D eigenvalue weighted by atomic mass is 10.0. The molecule has 1 saturated heterocycles. The molecule has 0 bridgehead atoms. The first-order chi connectivity index (χ1) is 14.8. The summed E-state index contributed by atoms with van der Waals surface area (Å²) in [5.74, 6) is -1.48. The van der Waals surface area contributed by atoms with Crippen molar-refractivity contribution in [2.75, 3.05) is 31.1 Å². The Morgan fingerprint density at radius 2 is 1.84 bits per heavy atom. The number of halogens is 2. The summed E-state index contributed by atoms with van der Waals surface area (Å²) in [6, 6.07) is 8.08. The third kappa shape index (κ3) is 4.66. The van der Waals surface area contributed by atoms with Crippen molar-refractivity contribution in [1.82, 2.24) is 10.2 Å². The number of piperazine rings is 1. The lowest BCUT2D eigenvalue weighted by Gasteiger charge is -2.39. The number of anilines is 1. The molecule has 164 valence electrons. The molecule has 0 radical (unpaired) electrons. The zero-order valence-electron chi connectivity index (χ0n) is 17.2. The SMILES string of the molecule is CC(c1ccc(F)cc1F)N1CCN(c2ccc(C(=O)NC3CC3)cc2[N+](=O)[O-])CC1. The Labute approximate surface area is 178 Å². The van der Waals surface area contributed by atoms with Crippen LogP contribution in [0.5, 0.6) is 0 Å². The standard InChI is InChI=1S/C22H24F2N4O3/c1-14(18-6-3-16(23)13-19(18)24)26-8-10-27(11-9-26)20-7-2-15(12-21(20)28(30)31)22(29)25-17-4-5-17/h2-3,6-7,12-14,17H,4-5,8-11H2,1H3,(H,25,29). The van der Waals surface area contributed by atoms with Gasteiger partial charge in [0.1, 0.15) is 17.3 Å². The lowest BCUT2D eigenvalue weighted by molar-refractivity contribution is -0.384. The van der Waals surface area contributed by atoms with Crippen LogP contribution in [0.25, 0.3) is 0 Å². The number of nitro groups is 1. The van der Waals surface area contributed by atoms with Gasteiger partial charge in [0.25, 0.3) is 11.6 Å². The molecule has 9 heteroatoms. The number of carbonyl (C=O) groups is 1.